The molecule has 0 amide bonds. The molecule has 112 valence electrons. The van der Waals surface area contributed by atoms with Gasteiger partial charge in [-0.2, -0.15) is 0 Å². The molecule has 0 saturated carbocycles. The van der Waals surface area contributed by atoms with Crippen molar-refractivity contribution in [1.29, 1.82) is 0 Å². The topological polar surface area (TPSA) is 12.0 Å². The number of rotatable bonds is 5. The first kappa shape index (κ1) is 16.6. The number of halogens is 3. The lowest BCUT2D eigenvalue weighted by Crippen LogP contribution is -2.25. The SMILES string of the molecule is CC(C)C(NCc1ccc(Cl)c(Cl)c1)c1ccc(Cl)cc1. The summed E-state index contributed by atoms with van der Waals surface area (Å²) < 4.78 is 0. The van der Waals surface area contributed by atoms with Crippen LogP contribution in [0.3, 0.4) is 0 Å². The largest absolute Gasteiger partial charge is 0.306 e. The maximum absolute atomic E-state index is 6.05. The Morgan fingerprint density at radius 2 is 1.57 bits per heavy atom. The van der Waals surface area contributed by atoms with Gasteiger partial charge in [0, 0.05) is 17.6 Å². The molecule has 1 nitrogen and oxygen atoms in total. The third kappa shape index (κ3) is 4.62. The monoisotopic (exact) mass is 341 g/mol. The van der Waals surface area contributed by atoms with E-state index in [0.717, 1.165) is 17.1 Å². The van der Waals surface area contributed by atoms with E-state index in [2.05, 4.69) is 31.3 Å². The third-order valence-corrected chi connectivity index (χ3v) is 4.40. The predicted molar refractivity (Wildman–Crippen MR) is 92.3 cm³/mol. The molecule has 1 atom stereocenters. The van der Waals surface area contributed by atoms with Crippen molar-refractivity contribution in [3.05, 3.63) is 68.7 Å². The number of benzene rings is 2. The van der Waals surface area contributed by atoms with Crippen LogP contribution in [-0.4, -0.2) is 0 Å². The molecule has 0 spiro atoms. The molecule has 21 heavy (non-hydrogen) atoms. The first-order valence-corrected chi connectivity index (χ1v) is 8.03. The summed E-state index contributed by atoms with van der Waals surface area (Å²) in [6, 6.07) is 13.9. The lowest BCUT2D eigenvalue weighted by atomic mass is 9.96. The van der Waals surface area contributed by atoms with E-state index in [9.17, 15) is 0 Å². The summed E-state index contributed by atoms with van der Waals surface area (Å²) in [7, 11) is 0. The van der Waals surface area contributed by atoms with Gasteiger partial charge < -0.3 is 5.32 Å². The molecule has 4 heteroatoms. The van der Waals surface area contributed by atoms with Gasteiger partial charge in [-0.05, 0) is 41.3 Å². The zero-order valence-corrected chi connectivity index (χ0v) is 14.3. The second-order valence-electron chi connectivity index (χ2n) is 5.40. The van der Waals surface area contributed by atoms with Crippen LogP contribution in [0.4, 0.5) is 0 Å². The molecule has 0 fully saturated rings. The summed E-state index contributed by atoms with van der Waals surface area (Å²) in [4.78, 5) is 0. The van der Waals surface area contributed by atoms with Crippen molar-refractivity contribution in [3.63, 3.8) is 0 Å². The zero-order valence-electron chi connectivity index (χ0n) is 12.0. The lowest BCUT2D eigenvalue weighted by Gasteiger charge is -2.23. The van der Waals surface area contributed by atoms with Gasteiger partial charge in [0.15, 0.2) is 0 Å². The molecule has 0 aromatic heterocycles. The Balaban J connectivity index is 2.09. The Kier molecular flexibility index (Phi) is 5.95. The molecule has 2 aromatic rings. The standard InChI is InChI=1S/C17H18Cl3N/c1-11(2)17(13-4-6-14(18)7-5-13)21-10-12-3-8-15(19)16(20)9-12/h3-9,11,17,21H,10H2,1-2H3. The van der Waals surface area contributed by atoms with Crippen LogP contribution in [0.1, 0.15) is 31.0 Å². The van der Waals surface area contributed by atoms with E-state index in [0.29, 0.717) is 16.0 Å². The zero-order chi connectivity index (χ0) is 15.4. The van der Waals surface area contributed by atoms with E-state index in [1.54, 1.807) is 0 Å². The van der Waals surface area contributed by atoms with Crippen molar-refractivity contribution < 1.29 is 0 Å². The first-order valence-electron chi connectivity index (χ1n) is 6.90. The second-order valence-corrected chi connectivity index (χ2v) is 6.65. The average molecular weight is 343 g/mol. The van der Waals surface area contributed by atoms with Gasteiger partial charge in [0.05, 0.1) is 10.0 Å². The molecule has 1 N–H and O–H groups in total. The van der Waals surface area contributed by atoms with Gasteiger partial charge >= 0.3 is 0 Å². The van der Waals surface area contributed by atoms with E-state index in [-0.39, 0.29) is 6.04 Å². The van der Waals surface area contributed by atoms with Crippen LogP contribution in [0.25, 0.3) is 0 Å². The van der Waals surface area contributed by atoms with Crippen molar-refractivity contribution in [3.8, 4) is 0 Å². The maximum atomic E-state index is 6.05. The lowest BCUT2D eigenvalue weighted by molar-refractivity contribution is 0.410. The highest BCUT2D eigenvalue weighted by atomic mass is 35.5. The van der Waals surface area contributed by atoms with Gasteiger partial charge in [-0.25, -0.2) is 0 Å². The fourth-order valence-electron chi connectivity index (χ4n) is 2.29. The van der Waals surface area contributed by atoms with E-state index in [4.69, 9.17) is 34.8 Å². The van der Waals surface area contributed by atoms with Gasteiger partial charge in [0.1, 0.15) is 0 Å². The molecule has 2 rings (SSSR count). The Morgan fingerprint density at radius 3 is 2.14 bits per heavy atom. The highest BCUT2D eigenvalue weighted by Crippen LogP contribution is 2.25. The summed E-state index contributed by atoms with van der Waals surface area (Å²) in [6.07, 6.45) is 0. The van der Waals surface area contributed by atoms with Gasteiger partial charge in [0.2, 0.25) is 0 Å². The number of hydrogen-bond donors (Lipinski definition) is 1. The Labute approximate surface area is 141 Å². The van der Waals surface area contributed by atoms with Gasteiger partial charge in [-0.15, -0.1) is 0 Å². The van der Waals surface area contributed by atoms with Crippen LogP contribution in [0.2, 0.25) is 15.1 Å². The Morgan fingerprint density at radius 1 is 0.905 bits per heavy atom. The molecule has 0 aliphatic carbocycles. The van der Waals surface area contributed by atoms with Crippen LogP contribution in [0.5, 0.6) is 0 Å². The fourth-order valence-corrected chi connectivity index (χ4v) is 2.73. The molecule has 1 unspecified atom stereocenters. The van der Waals surface area contributed by atoms with Crippen LogP contribution >= 0.6 is 34.8 Å². The van der Waals surface area contributed by atoms with Crippen molar-refractivity contribution in [2.75, 3.05) is 0 Å². The number of hydrogen-bond acceptors (Lipinski definition) is 1. The smallest absolute Gasteiger partial charge is 0.0595 e. The summed E-state index contributed by atoms with van der Waals surface area (Å²) in [5, 5.41) is 5.50. The highest BCUT2D eigenvalue weighted by Gasteiger charge is 2.15. The predicted octanol–water partition coefficient (Wildman–Crippen LogP) is 6.13. The molecule has 0 aliphatic rings. The molecule has 0 aliphatic heterocycles. The number of nitrogens with one attached hydrogen (secondary N) is 1. The van der Waals surface area contributed by atoms with Crippen LogP contribution in [-0.2, 0) is 6.54 Å². The average Bonchev–Trinajstić information content (AvgIpc) is 2.44. The van der Waals surface area contributed by atoms with Crippen LogP contribution in [0, 0.1) is 5.92 Å². The molecule has 0 heterocycles. The first-order chi connectivity index (χ1) is 9.97. The molecular weight excluding hydrogens is 325 g/mol. The summed E-state index contributed by atoms with van der Waals surface area (Å²) >= 11 is 17.9. The van der Waals surface area contributed by atoms with E-state index < -0.39 is 0 Å². The molecule has 0 saturated heterocycles. The Hall–Kier alpha value is -0.730. The Bertz CT molecular complexity index is 593. The normalized spacial score (nSPS) is 12.7. The highest BCUT2D eigenvalue weighted by molar-refractivity contribution is 6.42. The maximum Gasteiger partial charge on any atom is 0.0595 e. The van der Waals surface area contributed by atoms with Crippen LogP contribution in [0.15, 0.2) is 42.5 Å². The van der Waals surface area contributed by atoms with Crippen molar-refractivity contribution in [2.24, 2.45) is 5.92 Å². The van der Waals surface area contributed by atoms with Gasteiger partial charge in [-0.3, -0.25) is 0 Å². The van der Waals surface area contributed by atoms with Crippen molar-refractivity contribution in [1.82, 2.24) is 5.32 Å². The third-order valence-electron chi connectivity index (χ3n) is 3.41. The quantitative estimate of drug-likeness (QED) is 0.688. The molecule has 0 bridgehead atoms. The summed E-state index contributed by atoms with van der Waals surface area (Å²) in [5.41, 5.74) is 2.35. The minimum atomic E-state index is 0.261. The minimum absolute atomic E-state index is 0.261. The van der Waals surface area contributed by atoms with E-state index in [1.807, 2.05) is 30.3 Å². The van der Waals surface area contributed by atoms with Crippen LogP contribution < -0.4 is 5.32 Å². The van der Waals surface area contributed by atoms with Crippen molar-refractivity contribution >= 4 is 34.8 Å². The summed E-state index contributed by atoms with van der Waals surface area (Å²) in [6.45, 7) is 5.13. The minimum Gasteiger partial charge on any atom is -0.306 e. The molecular formula is C17H18Cl3N. The van der Waals surface area contributed by atoms with E-state index >= 15 is 0 Å². The molecule has 2 aromatic carbocycles. The van der Waals surface area contributed by atoms with E-state index in [1.165, 1.54) is 5.56 Å². The van der Waals surface area contributed by atoms with Gasteiger partial charge in [0.25, 0.3) is 0 Å². The summed E-state index contributed by atoms with van der Waals surface area (Å²) in [5.74, 6) is 0.467. The van der Waals surface area contributed by atoms with Gasteiger partial charge in [-0.1, -0.05) is 66.8 Å². The second kappa shape index (κ2) is 7.51. The molecule has 0 radical (unpaired) electrons. The van der Waals surface area contributed by atoms with Crippen molar-refractivity contribution in [2.45, 2.75) is 26.4 Å². The fraction of sp³-hybridized carbons (Fsp3) is 0.294.